The summed E-state index contributed by atoms with van der Waals surface area (Å²) in [5, 5.41) is 10.6. The minimum atomic E-state index is 0.0629. The molecule has 1 fully saturated rings. The summed E-state index contributed by atoms with van der Waals surface area (Å²) in [7, 11) is 0. The predicted molar refractivity (Wildman–Crippen MR) is 86.7 cm³/mol. The standard InChI is InChI=1S/C17H22N4O/c22-17(9-8-15-7-4-10-18-15)20-16-11-19-21(13-16)12-14-5-2-1-3-6-14/h1-3,5-6,11,13,15,18H,4,7-10,12H2,(H,20,22). The molecule has 1 aromatic heterocycles. The Hall–Kier alpha value is -2.14. The van der Waals surface area contributed by atoms with Crippen LogP contribution in [0.25, 0.3) is 0 Å². The summed E-state index contributed by atoms with van der Waals surface area (Å²) in [6, 6.07) is 10.7. The number of anilines is 1. The number of carbonyl (C=O) groups is 1. The van der Waals surface area contributed by atoms with E-state index in [1.165, 1.54) is 18.4 Å². The second-order valence-corrected chi connectivity index (χ2v) is 5.79. The lowest BCUT2D eigenvalue weighted by atomic mass is 10.1. The van der Waals surface area contributed by atoms with E-state index in [9.17, 15) is 4.79 Å². The fraction of sp³-hybridized carbons (Fsp3) is 0.412. The number of nitrogens with zero attached hydrogens (tertiary/aromatic N) is 2. The summed E-state index contributed by atoms with van der Waals surface area (Å²) in [5.74, 6) is 0.0629. The molecule has 1 unspecified atom stereocenters. The minimum absolute atomic E-state index is 0.0629. The molecule has 2 heterocycles. The number of hydrogen-bond donors (Lipinski definition) is 2. The van der Waals surface area contributed by atoms with Crippen molar-refractivity contribution in [3.63, 3.8) is 0 Å². The minimum Gasteiger partial charge on any atom is -0.323 e. The maximum atomic E-state index is 12.0. The Balaban J connectivity index is 1.47. The Morgan fingerprint density at radius 3 is 3.00 bits per heavy atom. The van der Waals surface area contributed by atoms with Crippen molar-refractivity contribution in [1.29, 1.82) is 0 Å². The molecule has 0 radical (unpaired) electrons. The van der Waals surface area contributed by atoms with Gasteiger partial charge < -0.3 is 10.6 Å². The van der Waals surface area contributed by atoms with Crippen molar-refractivity contribution in [3.8, 4) is 0 Å². The third-order valence-corrected chi connectivity index (χ3v) is 3.99. The topological polar surface area (TPSA) is 59.0 Å². The highest BCUT2D eigenvalue weighted by Gasteiger charge is 2.15. The molecule has 0 aliphatic carbocycles. The molecule has 1 aromatic carbocycles. The monoisotopic (exact) mass is 298 g/mol. The van der Waals surface area contributed by atoms with Crippen LogP contribution in [0, 0.1) is 0 Å². The largest absolute Gasteiger partial charge is 0.323 e. The molecule has 1 atom stereocenters. The second-order valence-electron chi connectivity index (χ2n) is 5.79. The molecule has 1 saturated heterocycles. The maximum Gasteiger partial charge on any atom is 0.224 e. The van der Waals surface area contributed by atoms with Crippen LogP contribution < -0.4 is 10.6 Å². The molecule has 5 heteroatoms. The zero-order valence-corrected chi connectivity index (χ0v) is 12.7. The van der Waals surface area contributed by atoms with Crippen molar-refractivity contribution >= 4 is 11.6 Å². The van der Waals surface area contributed by atoms with E-state index >= 15 is 0 Å². The van der Waals surface area contributed by atoms with Crippen LogP contribution in [0.3, 0.4) is 0 Å². The quantitative estimate of drug-likeness (QED) is 0.861. The highest BCUT2D eigenvalue weighted by atomic mass is 16.1. The SMILES string of the molecule is O=C(CCC1CCCN1)Nc1cnn(Cc2ccccc2)c1. The molecule has 1 aliphatic rings. The lowest BCUT2D eigenvalue weighted by Crippen LogP contribution is -2.23. The van der Waals surface area contributed by atoms with E-state index in [1.54, 1.807) is 6.20 Å². The fourth-order valence-corrected chi connectivity index (χ4v) is 2.82. The molecule has 22 heavy (non-hydrogen) atoms. The average molecular weight is 298 g/mol. The van der Waals surface area contributed by atoms with Gasteiger partial charge in [0.05, 0.1) is 18.4 Å². The van der Waals surface area contributed by atoms with E-state index in [1.807, 2.05) is 29.1 Å². The third-order valence-electron chi connectivity index (χ3n) is 3.99. The number of benzene rings is 1. The summed E-state index contributed by atoms with van der Waals surface area (Å²) in [6.07, 6.45) is 7.44. The zero-order chi connectivity index (χ0) is 15.2. The number of aromatic nitrogens is 2. The van der Waals surface area contributed by atoms with E-state index < -0.39 is 0 Å². The molecule has 2 N–H and O–H groups in total. The van der Waals surface area contributed by atoms with Crippen LogP contribution in [0.15, 0.2) is 42.7 Å². The van der Waals surface area contributed by atoms with E-state index in [4.69, 9.17) is 0 Å². The molecule has 116 valence electrons. The fourth-order valence-electron chi connectivity index (χ4n) is 2.82. The van der Waals surface area contributed by atoms with Gasteiger partial charge in [0.2, 0.25) is 5.91 Å². The second kappa shape index (κ2) is 7.22. The van der Waals surface area contributed by atoms with Gasteiger partial charge in [-0.2, -0.15) is 5.10 Å². The van der Waals surface area contributed by atoms with Gasteiger partial charge in [0, 0.05) is 18.7 Å². The molecule has 0 spiro atoms. The Kier molecular flexibility index (Phi) is 4.85. The highest BCUT2D eigenvalue weighted by Crippen LogP contribution is 2.12. The lowest BCUT2D eigenvalue weighted by Gasteiger charge is -2.09. The number of rotatable bonds is 6. The smallest absolute Gasteiger partial charge is 0.224 e. The van der Waals surface area contributed by atoms with Gasteiger partial charge in [-0.25, -0.2) is 0 Å². The molecule has 0 bridgehead atoms. The van der Waals surface area contributed by atoms with Crippen LogP contribution in [-0.2, 0) is 11.3 Å². The molecule has 2 aromatic rings. The van der Waals surface area contributed by atoms with Gasteiger partial charge in [0.15, 0.2) is 0 Å². The number of hydrogen-bond acceptors (Lipinski definition) is 3. The summed E-state index contributed by atoms with van der Waals surface area (Å²) in [5.41, 5.74) is 1.95. The Morgan fingerprint density at radius 2 is 2.23 bits per heavy atom. The lowest BCUT2D eigenvalue weighted by molar-refractivity contribution is -0.116. The molecule has 3 rings (SSSR count). The Morgan fingerprint density at radius 1 is 1.36 bits per heavy atom. The van der Waals surface area contributed by atoms with Crippen LogP contribution in [0.1, 0.15) is 31.2 Å². The van der Waals surface area contributed by atoms with Crippen molar-refractivity contribution < 1.29 is 4.79 Å². The van der Waals surface area contributed by atoms with Gasteiger partial charge in [0.1, 0.15) is 0 Å². The van der Waals surface area contributed by atoms with Crippen LogP contribution >= 0.6 is 0 Å². The number of amides is 1. The van der Waals surface area contributed by atoms with Crippen molar-refractivity contribution in [3.05, 3.63) is 48.3 Å². The summed E-state index contributed by atoms with van der Waals surface area (Å²) < 4.78 is 1.84. The van der Waals surface area contributed by atoms with E-state index in [2.05, 4.69) is 27.9 Å². The van der Waals surface area contributed by atoms with Crippen molar-refractivity contribution in [2.75, 3.05) is 11.9 Å². The Bertz CT molecular complexity index is 602. The van der Waals surface area contributed by atoms with E-state index in [0.29, 0.717) is 19.0 Å². The summed E-state index contributed by atoms with van der Waals surface area (Å²) in [6.45, 7) is 1.79. The molecular weight excluding hydrogens is 276 g/mol. The first-order valence-corrected chi connectivity index (χ1v) is 7.89. The highest BCUT2D eigenvalue weighted by molar-refractivity contribution is 5.90. The summed E-state index contributed by atoms with van der Waals surface area (Å²) in [4.78, 5) is 12.0. The van der Waals surface area contributed by atoms with Crippen molar-refractivity contribution in [2.45, 2.75) is 38.3 Å². The van der Waals surface area contributed by atoms with Crippen LogP contribution in [-0.4, -0.2) is 28.3 Å². The normalized spacial score (nSPS) is 17.5. The van der Waals surface area contributed by atoms with Crippen molar-refractivity contribution in [2.24, 2.45) is 0 Å². The maximum absolute atomic E-state index is 12.0. The van der Waals surface area contributed by atoms with E-state index in [0.717, 1.165) is 18.7 Å². The predicted octanol–water partition coefficient (Wildman–Crippen LogP) is 2.40. The van der Waals surface area contributed by atoms with Gasteiger partial charge in [-0.15, -0.1) is 0 Å². The zero-order valence-electron chi connectivity index (χ0n) is 12.7. The molecular formula is C17H22N4O. The first-order chi connectivity index (χ1) is 10.8. The van der Waals surface area contributed by atoms with Gasteiger partial charge >= 0.3 is 0 Å². The molecule has 1 amide bonds. The van der Waals surface area contributed by atoms with Crippen LogP contribution in [0.2, 0.25) is 0 Å². The van der Waals surface area contributed by atoms with Gasteiger partial charge in [-0.05, 0) is 31.4 Å². The molecule has 1 aliphatic heterocycles. The van der Waals surface area contributed by atoms with Gasteiger partial charge in [0.25, 0.3) is 0 Å². The van der Waals surface area contributed by atoms with Gasteiger partial charge in [-0.1, -0.05) is 30.3 Å². The van der Waals surface area contributed by atoms with Crippen LogP contribution in [0.4, 0.5) is 5.69 Å². The molecule has 5 nitrogen and oxygen atoms in total. The van der Waals surface area contributed by atoms with Crippen molar-refractivity contribution in [1.82, 2.24) is 15.1 Å². The first-order valence-electron chi connectivity index (χ1n) is 7.89. The number of nitrogens with one attached hydrogen (secondary N) is 2. The Labute approximate surface area is 130 Å². The third kappa shape index (κ3) is 4.18. The van der Waals surface area contributed by atoms with Gasteiger partial charge in [-0.3, -0.25) is 9.48 Å². The average Bonchev–Trinajstić information content (AvgIpc) is 3.18. The van der Waals surface area contributed by atoms with E-state index in [-0.39, 0.29) is 5.91 Å². The molecule has 0 saturated carbocycles. The first kappa shape index (κ1) is 14.8. The number of carbonyl (C=O) groups excluding carboxylic acids is 1. The van der Waals surface area contributed by atoms with Crippen LogP contribution in [0.5, 0.6) is 0 Å². The summed E-state index contributed by atoms with van der Waals surface area (Å²) >= 11 is 0.